The highest BCUT2D eigenvalue weighted by atomic mass is 16.4. The lowest BCUT2D eigenvalue weighted by Gasteiger charge is -2.25. The van der Waals surface area contributed by atoms with E-state index in [2.05, 4.69) is 0 Å². The summed E-state index contributed by atoms with van der Waals surface area (Å²) in [6.45, 7) is 6.19. The number of carboxylic acid groups (broad SMARTS) is 1. The van der Waals surface area contributed by atoms with E-state index in [9.17, 15) is 14.7 Å². The van der Waals surface area contributed by atoms with Crippen LogP contribution in [-0.4, -0.2) is 28.9 Å². The number of carbonyl (C=O) groups excluding carboxylic acids is 1. The summed E-state index contributed by atoms with van der Waals surface area (Å²) in [6, 6.07) is 4.71. The Morgan fingerprint density at radius 3 is 2.28 bits per heavy atom. The third-order valence-corrected chi connectivity index (χ3v) is 2.74. The minimum Gasteiger partial charge on any atom is -0.479 e. The monoisotopic (exact) mass is 249 g/mol. The van der Waals surface area contributed by atoms with E-state index < -0.39 is 12.0 Å². The van der Waals surface area contributed by atoms with Gasteiger partial charge < -0.3 is 10.0 Å². The van der Waals surface area contributed by atoms with Crippen molar-refractivity contribution in [2.24, 2.45) is 0 Å². The summed E-state index contributed by atoms with van der Waals surface area (Å²) in [5.41, 5.74) is 2.65. The quantitative estimate of drug-likeness (QED) is 0.787. The fourth-order valence-electron chi connectivity index (χ4n) is 2.14. The molecule has 1 rings (SSSR count). The first-order valence-corrected chi connectivity index (χ1v) is 6.01. The Hall–Kier alpha value is -1.84. The van der Waals surface area contributed by atoms with E-state index >= 15 is 0 Å². The fraction of sp³-hybridized carbons (Fsp3) is 0.429. The smallest absolute Gasteiger partial charge is 0.331 e. The van der Waals surface area contributed by atoms with Crippen molar-refractivity contribution in [2.45, 2.75) is 33.2 Å². The van der Waals surface area contributed by atoms with Crippen molar-refractivity contribution < 1.29 is 14.7 Å². The molecule has 0 radical (unpaired) electrons. The standard InChI is InChI=1S/C14H19NO3/c1-4-5-15(9-16)13(14(17)18)12-7-10(2)6-11(3)8-12/h6-9,13H,4-5H2,1-3H3,(H,17,18). The van der Waals surface area contributed by atoms with E-state index in [1.165, 1.54) is 4.90 Å². The minimum atomic E-state index is -0.999. The van der Waals surface area contributed by atoms with Crippen molar-refractivity contribution in [1.29, 1.82) is 0 Å². The van der Waals surface area contributed by atoms with Crippen molar-refractivity contribution >= 4 is 12.4 Å². The summed E-state index contributed by atoms with van der Waals surface area (Å²) < 4.78 is 0. The summed E-state index contributed by atoms with van der Waals surface area (Å²) in [6.07, 6.45) is 1.34. The molecule has 0 aliphatic rings. The molecule has 1 amide bonds. The number of carbonyl (C=O) groups is 2. The molecule has 0 saturated carbocycles. The van der Waals surface area contributed by atoms with Gasteiger partial charge in [-0.2, -0.15) is 0 Å². The Labute approximate surface area is 107 Å². The predicted octanol–water partition coefficient (Wildman–Crippen LogP) is 2.30. The zero-order valence-electron chi connectivity index (χ0n) is 11.0. The molecular formula is C14H19NO3. The molecule has 0 fully saturated rings. The largest absolute Gasteiger partial charge is 0.479 e. The van der Waals surface area contributed by atoms with Gasteiger partial charge in [-0.3, -0.25) is 4.79 Å². The number of carboxylic acids is 1. The molecule has 1 aromatic rings. The highest BCUT2D eigenvalue weighted by molar-refractivity contribution is 5.78. The Kier molecular flexibility index (Phi) is 4.89. The number of hydrogen-bond donors (Lipinski definition) is 1. The van der Waals surface area contributed by atoms with E-state index in [0.29, 0.717) is 18.5 Å². The lowest BCUT2D eigenvalue weighted by Crippen LogP contribution is -2.33. The molecule has 4 heteroatoms. The molecule has 0 aromatic heterocycles. The number of rotatable bonds is 6. The van der Waals surface area contributed by atoms with Crippen LogP contribution in [0, 0.1) is 13.8 Å². The third-order valence-electron chi connectivity index (χ3n) is 2.74. The second kappa shape index (κ2) is 6.19. The first-order valence-electron chi connectivity index (χ1n) is 6.01. The van der Waals surface area contributed by atoms with Gasteiger partial charge in [-0.1, -0.05) is 36.2 Å². The second-order valence-electron chi connectivity index (χ2n) is 4.51. The molecule has 1 aromatic carbocycles. The van der Waals surface area contributed by atoms with Gasteiger partial charge in [0.15, 0.2) is 6.04 Å². The molecule has 0 heterocycles. The van der Waals surface area contributed by atoms with Crippen LogP contribution in [0.1, 0.15) is 36.1 Å². The van der Waals surface area contributed by atoms with Gasteiger partial charge in [-0.15, -0.1) is 0 Å². The summed E-state index contributed by atoms with van der Waals surface area (Å²) in [5.74, 6) is -0.999. The van der Waals surface area contributed by atoms with Gasteiger partial charge >= 0.3 is 5.97 Å². The molecule has 98 valence electrons. The summed E-state index contributed by atoms with van der Waals surface area (Å²) in [5, 5.41) is 9.34. The Morgan fingerprint density at radius 2 is 1.89 bits per heavy atom. The molecule has 0 aliphatic carbocycles. The van der Waals surface area contributed by atoms with E-state index in [1.807, 2.05) is 39.0 Å². The van der Waals surface area contributed by atoms with E-state index in [0.717, 1.165) is 17.5 Å². The Balaban J connectivity index is 3.18. The average Bonchev–Trinajstić information content (AvgIpc) is 2.26. The lowest BCUT2D eigenvalue weighted by molar-refractivity contribution is -0.146. The van der Waals surface area contributed by atoms with Crippen LogP contribution in [0.25, 0.3) is 0 Å². The summed E-state index contributed by atoms with van der Waals surface area (Å²) >= 11 is 0. The van der Waals surface area contributed by atoms with Crippen LogP contribution < -0.4 is 0 Å². The highest BCUT2D eigenvalue weighted by Gasteiger charge is 2.26. The second-order valence-corrected chi connectivity index (χ2v) is 4.51. The lowest BCUT2D eigenvalue weighted by atomic mass is 10.0. The molecule has 4 nitrogen and oxygen atoms in total. The minimum absolute atomic E-state index is 0.438. The fourth-order valence-corrected chi connectivity index (χ4v) is 2.14. The zero-order valence-corrected chi connectivity index (χ0v) is 11.0. The topological polar surface area (TPSA) is 57.6 Å². The maximum atomic E-state index is 11.4. The first kappa shape index (κ1) is 14.2. The maximum absolute atomic E-state index is 11.4. The summed E-state index contributed by atoms with van der Waals surface area (Å²) in [7, 11) is 0. The van der Waals surface area contributed by atoms with Crippen LogP contribution in [0.4, 0.5) is 0 Å². The number of amides is 1. The van der Waals surface area contributed by atoms with Crippen molar-refractivity contribution in [2.75, 3.05) is 6.54 Å². The molecule has 0 bridgehead atoms. The molecule has 1 atom stereocenters. The van der Waals surface area contributed by atoms with Gasteiger partial charge in [0.05, 0.1) is 0 Å². The molecule has 1 unspecified atom stereocenters. The van der Waals surface area contributed by atoms with Crippen molar-refractivity contribution in [3.05, 3.63) is 34.9 Å². The van der Waals surface area contributed by atoms with Gasteiger partial charge in [0.1, 0.15) is 0 Å². The van der Waals surface area contributed by atoms with Gasteiger partial charge in [-0.05, 0) is 25.8 Å². The van der Waals surface area contributed by atoms with Crippen LogP contribution in [0.3, 0.4) is 0 Å². The van der Waals surface area contributed by atoms with Gasteiger partial charge in [-0.25, -0.2) is 4.79 Å². The first-order chi connectivity index (χ1) is 8.49. The highest BCUT2D eigenvalue weighted by Crippen LogP contribution is 2.22. The predicted molar refractivity (Wildman–Crippen MR) is 69.4 cm³/mol. The molecule has 0 aliphatic heterocycles. The molecule has 0 saturated heterocycles. The normalized spacial score (nSPS) is 11.9. The van der Waals surface area contributed by atoms with Crippen LogP contribution in [0.2, 0.25) is 0 Å². The van der Waals surface area contributed by atoms with Gasteiger partial charge in [0.2, 0.25) is 6.41 Å². The van der Waals surface area contributed by atoms with Gasteiger partial charge in [0, 0.05) is 6.54 Å². The number of benzene rings is 1. The Morgan fingerprint density at radius 1 is 1.33 bits per heavy atom. The maximum Gasteiger partial charge on any atom is 0.331 e. The number of aryl methyl sites for hydroxylation is 2. The molecular weight excluding hydrogens is 230 g/mol. The van der Waals surface area contributed by atoms with Crippen LogP contribution >= 0.6 is 0 Å². The number of hydrogen-bond acceptors (Lipinski definition) is 2. The average molecular weight is 249 g/mol. The van der Waals surface area contributed by atoms with E-state index in [4.69, 9.17) is 0 Å². The van der Waals surface area contributed by atoms with Crippen molar-refractivity contribution in [3.63, 3.8) is 0 Å². The summed E-state index contributed by atoms with van der Waals surface area (Å²) in [4.78, 5) is 23.8. The number of aliphatic carboxylic acids is 1. The van der Waals surface area contributed by atoms with Crippen LogP contribution in [-0.2, 0) is 9.59 Å². The molecule has 1 N–H and O–H groups in total. The van der Waals surface area contributed by atoms with Crippen LogP contribution in [0.5, 0.6) is 0 Å². The van der Waals surface area contributed by atoms with E-state index in [-0.39, 0.29) is 0 Å². The van der Waals surface area contributed by atoms with Crippen LogP contribution in [0.15, 0.2) is 18.2 Å². The third kappa shape index (κ3) is 3.32. The molecule has 18 heavy (non-hydrogen) atoms. The van der Waals surface area contributed by atoms with Crippen molar-refractivity contribution in [3.8, 4) is 0 Å². The van der Waals surface area contributed by atoms with Crippen molar-refractivity contribution in [1.82, 2.24) is 4.90 Å². The molecule has 0 spiro atoms. The van der Waals surface area contributed by atoms with E-state index in [1.54, 1.807) is 0 Å². The van der Waals surface area contributed by atoms with Gasteiger partial charge in [0.25, 0.3) is 0 Å². The SMILES string of the molecule is CCCN(C=O)C(C(=O)O)c1cc(C)cc(C)c1. The Bertz CT molecular complexity index is 422. The number of nitrogens with zero attached hydrogens (tertiary/aromatic N) is 1. The zero-order chi connectivity index (χ0) is 13.7.